The molecule has 3 aromatic rings. The molecule has 0 unspecified atom stereocenters. The molecule has 3 N–H and O–H groups in total. The summed E-state index contributed by atoms with van der Waals surface area (Å²) in [6.45, 7) is 5.66. The maximum atomic E-state index is 12.4. The molecule has 2 heterocycles. The first-order valence-corrected chi connectivity index (χ1v) is 11.5. The van der Waals surface area contributed by atoms with Gasteiger partial charge in [-0.05, 0) is 74.2 Å². The van der Waals surface area contributed by atoms with Crippen molar-refractivity contribution in [3.63, 3.8) is 0 Å². The lowest BCUT2D eigenvalue weighted by molar-refractivity contribution is -0.142. The summed E-state index contributed by atoms with van der Waals surface area (Å²) in [6, 6.07) is 12.8. The van der Waals surface area contributed by atoms with Crippen molar-refractivity contribution in [2.24, 2.45) is 5.73 Å². The SMILES string of the molecule is CCOc1ccc(-n2c(C)cc(/C=C(/C#N)C(=O)OCC(=O)Nc3sccc3C(N)=O)c2C)cc1. The first-order chi connectivity index (χ1) is 16.7. The fraction of sp³-hybridized carbons (Fsp3) is 0.200. The molecule has 1 aromatic carbocycles. The zero-order valence-corrected chi connectivity index (χ0v) is 20.3. The number of hydrogen-bond donors (Lipinski definition) is 2. The monoisotopic (exact) mass is 492 g/mol. The number of amides is 2. The Bertz CT molecular complexity index is 1330. The predicted octanol–water partition coefficient (Wildman–Crippen LogP) is 3.74. The Hall–Kier alpha value is -4.36. The fourth-order valence-corrected chi connectivity index (χ4v) is 4.26. The van der Waals surface area contributed by atoms with E-state index >= 15 is 0 Å². The summed E-state index contributed by atoms with van der Waals surface area (Å²) < 4.78 is 12.5. The van der Waals surface area contributed by atoms with Gasteiger partial charge in [-0.1, -0.05) is 0 Å². The summed E-state index contributed by atoms with van der Waals surface area (Å²) in [7, 11) is 0. The molecule has 0 radical (unpaired) electrons. The van der Waals surface area contributed by atoms with Crippen LogP contribution in [0.25, 0.3) is 11.8 Å². The number of anilines is 1. The Kier molecular flexibility index (Phi) is 8.07. The lowest BCUT2D eigenvalue weighted by Gasteiger charge is -2.11. The minimum atomic E-state index is -0.935. The molecule has 180 valence electrons. The van der Waals surface area contributed by atoms with Crippen LogP contribution in [0.4, 0.5) is 5.00 Å². The topological polar surface area (TPSA) is 136 Å². The predicted molar refractivity (Wildman–Crippen MR) is 132 cm³/mol. The molecule has 0 bridgehead atoms. The van der Waals surface area contributed by atoms with E-state index in [4.69, 9.17) is 15.2 Å². The molecule has 10 heteroatoms. The van der Waals surface area contributed by atoms with Gasteiger partial charge in [0.2, 0.25) is 0 Å². The van der Waals surface area contributed by atoms with E-state index in [1.54, 1.807) is 5.38 Å². The summed E-state index contributed by atoms with van der Waals surface area (Å²) >= 11 is 1.11. The standard InChI is InChI=1S/C25H24N4O5S/c1-4-33-20-7-5-19(6-8-20)29-15(2)11-17(16(29)3)12-18(13-26)25(32)34-14-22(30)28-24-21(23(27)31)9-10-35-24/h5-12H,4,14H2,1-3H3,(H2,27,31)(H,28,30)/b18-12-. The maximum Gasteiger partial charge on any atom is 0.349 e. The van der Waals surface area contributed by atoms with Crippen LogP contribution < -0.4 is 15.8 Å². The largest absolute Gasteiger partial charge is 0.494 e. The van der Waals surface area contributed by atoms with Crippen molar-refractivity contribution in [3.8, 4) is 17.5 Å². The van der Waals surface area contributed by atoms with E-state index in [2.05, 4.69) is 5.32 Å². The zero-order valence-electron chi connectivity index (χ0n) is 19.5. The molecule has 0 fully saturated rings. The maximum absolute atomic E-state index is 12.4. The van der Waals surface area contributed by atoms with E-state index in [1.165, 1.54) is 12.1 Å². The number of aromatic nitrogens is 1. The number of carbonyl (C=O) groups is 3. The highest BCUT2D eigenvalue weighted by molar-refractivity contribution is 7.14. The zero-order chi connectivity index (χ0) is 25.5. The minimum absolute atomic E-state index is 0.162. The molecular formula is C25H24N4O5S. The normalized spacial score (nSPS) is 11.0. The lowest BCUT2D eigenvalue weighted by atomic mass is 10.1. The minimum Gasteiger partial charge on any atom is -0.494 e. The number of thiophene rings is 1. The van der Waals surface area contributed by atoms with Crippen molar-refractivity contribution in [2.45, 2.75) is 20.8 Å². The van der Waals surface area contributed by atoms with Crippen molar-refractivity contribution in [1.82, 2.24) is 4.57 Å². The first kappa shape index (κ1) is 25.3. The molecule has 0 saturated heterocycles. The number of nitriles is 1. The van der Waals surface area contributed by atoms with Crippen LogP contribution in [-0.4, -0.2) is 35.6 Å². The summed E-state index contributed by atoms with van der Waals surface area (Å²) in [6.07, 6.45) is 1.43. The van der Waals surface area contributed by atoms with Crippen molar-refractivity contribution in [2.75, 3.05) is 18.5 Å². The molecule has 0 spiro atoms. The second-order valence-corrected chi connectivity index (χ2v) is 8.33. The third-order valence-corrected chi connectivity index (χ3v) is 5.86. The van der Waals surface area contributed by atoms with E-state index in [0.29, 0.717) is 12.2 Å². The second-order valence-electron chi connectivity index (χ2n) is 7.41. The van der Waals surface area contributed by atoms with Gasteiger partial charge in [-0.15, -0.1) is 11.3 Å². The second kappa shape index (κ2) is 11.2. The number of primary amides is 1. The van der Waals surface area contributed by atoms with Gasteiger partial charge < -0.3 is 25.1 Å². The van der Waals surface area contributed by atoms with Gasteiger partial charge in [0.25, 0.3) is 11.8 Å². The van der Waals surface area contributed by atoms with Gasteiger partial charge in [0.15, 0.2) is 6.61 Å². The number of nitrogens with zero attached hydrogens (tertiary/aromatic N) is 2. The highest BCUT2D eigenvalue weighted by Gasteiger charge is 2.18. The van der Waals surface area contributed by atoms with Crippen molar-refractivity contribution in [1.29, 1.82) is 5.26 Å². The average molecular weight is 493 g/mol. The summed E-state index contributed by atoms with van der Waals surface area (Å²) in [4.78, 5) is 35.9. The van der Waals surface area contributed by atoms with Gasteiger partial charge in [0, 0.05) is 17.1 Å². The van der Waals surface area contributed by atoms with Crippen molar-refractivity contribution < 1.29 is 23.9 Å². The van der Waals surface area contributed by atoms with Gasteiger partial charge in [-0.2, -0.15) is 5.26 Å². The Morgan fingerprint density at radius 1 is 1.20 bits per heavy atom. The molecule has 2 aromatic heterocycles. The van der Waals surface area contributed by atoms with Crippen LogP contribution in [0.1, 0.15) is 34.2 Å². The average Bonchev–Trinajstić information content (AvgIpc) is 3.40. The molecule has 0 saturated carbocycles. The number of aryl methyl sites for hydroxylation is 1. The third kappa shape index (κ3) is 5.96. The Labute approximate surface area is 206 Å². The van der Waals surface area contributed by atoms with Crippen LogP contribution in [0, 0.1) is 25.2 Å². The first-order valence-electron chi connectivity index (χ1n) is 10.6. The van der Waals surface area contributed by atoms with E-state index < -0.39 is 24.4 Å². The lowest BCUT2D eigenvalue weighted by Crippen LogP contribution is -2.22. The fourth-order valence-electron chi connectivity index (χ4n) is 3.45. The van der Waals surface area contributed by atoms with Crippen LogP contribution in [0.2, 0.25) is 0 Å². The number of benzene rings is 1. The molecular weight excluding hydrogens is 468 g/mol. The van der Waals surface area contributed by atoms with Crippen LogP contribution in [-0.2, 0) is 14.3 Å². The third-order valence-electron chi connectivity index (χ3n) is 5.03. The quantitative estimate of drug-likeness (QED) is 0.265. The number of hydrogen-bond acceptors (Lipinski definition) is 7. The number of rotatable bonds is 9. The molecule has 35 heavy (non-hydrogen) atoms. The van der Waals surface area contributed by atoms with E-state index in [0.717, 1.165) is 34.2 Å². The van der Waals surface area contributed by atoms with Crippen LogP contribution >= 0.6 is 11.3 Å². The van der Waals surface area contributed by atoms with Gasteiger partial charge in [-0.25, -0.2) is 4.79 Å². The van der Waals surface area contributed by atoms with Crippen LogP contribution in [0.5, 0.6) is 5.75 Å². The van der Waals surface area contributed by atoms with E-state index in [1.807, 2.05) is 61.7 Å². The number of esters is 1. The summed E-state index contributed by atoms with van der Waals surface area (Å²) in [5.74, 6) is -1.51. The van der Waals surface area contributed by atoms with Crippen molar-refractivity contribution in [3.05, 3.63) is 69.9 Å². The number of nitrogens with two attached hydrogens (primary N) is 1. The highest BCUT2D eigenvalue weighted by Crippen LogP contribution is 2.25. The molecule has 3 rings (SSSR count). The van der Waals surface area contributed by atoms with Gasteiger partial charge >= 0.3 is 5.97 Å². The summed E-state index contributed by atoms with van der Waals surface area (Å²) in [5.41, 5.74) is 8.46. The van der Waals surface area contributed by atoms with Crippen molar-refractivity contribution >= 4 is 40.2 Å². The molecule has 9 nitrogen and oxygen atoms in total. The highest BCUT2D eigenvalue weighted by atomic mass is 32.1. The molecule has 0 aliphatic heterocycles. The Balaban J connectivity index is 1.72. The Morgan fingerprint density at radius 3 is 2.54 bits per heavy atom. The van der Waals surface area contributed by atoms with Gasteiger partial charge in [0.05, 0.1) is 12.2 Å². The molecule has 0 aliphatic rings. The number of ether oxygens (including phenoxy) is 2. The Morgan fingerprint density at radius 2 is 1.91 bits per heavy atom. The summed E-state index contributed by atoms with van der Waals surface area (Å²) in [5, 5.41) is 13.8. The van der Waals surface area contributed by atoms with E-state index in [9.17, 15) is 19.6 Å². The van der Waals surface area contributed by atoms with E-state index in [-0.39, 0.29) is 16.1 Å². The van der Waals surface area contributed by atoms with Crippen LogP contribution in [0.15, 0.2) is 47.4 Å². The van der Waals surface area contributed by atoms with Gasteiger partial charge in [0.1, 0.15) is 22.4 Å². The molecule has 0 aliphatic carbocycles. The van der Waals surface area contributed by atoms with Crippen LogP contribution in [0.3, 0.4) is 0 Å². The van der Waals surface area contributed by atoms with Gasteiger partial charge in [-0.3, -0.25) is 9.59 Å². The smallest absolute Gasteiger partial charge is 0.349 e. The molecule has 0 atom stereocenters. The number of carbonyl (C=O) groups excluding carboxylic acids is 3. The molecule has 2 amide bonds. The number of nitrogens with one attached hydrogen (secondary N) is 1.